The van der Waals surface area contributed by atoms with Gasteiger partial charge in [-0.15, -0.1) is 0 Å². The van der Waals surface area contributed by atoms with E-state index in [1.807, 2.05) is 0 Å². The third-order valence-electron chi connectivity index (χ3n) is 4.17. The third kappa shape index (κ3) is 3.07. The van der Waals surface area contributed by atoms with Gasteiger partial charge in [0.15, 0.2) is 0 Å². The van der Waals surface area contributed by atoms with Crippen molar-refractivity contribution < 1.29 is 13.2 Å². The van der Waals surface area contributed by atoms with Crippen LogP contribution >= 0.6 is 0 Å². The minimum atomic E-state index is -3.50. The van der Waals surface area contributed by atoms with E-state index in [1.54, 1.807) is 28.6 Å². The molecule has 0 amide bonds. The molecule has 0 bridgehead atoms. The molecule has 1 unspecified atom stereocenters. The molecule has 1 heterocycles. The van der Waals surface area contributed by atoms with Crippen LogP contribution in [0.2, 0.25) is 0 Å². The smallest absolute Gasteiger partial charge is 0.247 e. The Bertz CT molecular complexity index is 593. The number of benzene rings is 1. The predicted molar refractivity (Wildman–Crippen MR) is 80.9 cm³/mol. The summed E-state index contributed by atoms with van der Waals surface area (Å²) in [4.78, 5) is 0.275. The van der Waals surface area contributed by atoms with E-state index in [0.717, 1.165) is 32.2 Å². The normalized spacial score (nSPS) is 22.7. The molecule has 1 aliphatic heterocycles. The number of para-hydroxylation sites is 1. The summed E-state index contributed by atoms with van der Waals surface area (Å²) in [5.41, 5.74) is 0. The van der Waals surface area contributed by atoms with E-state index in [2.05, 4.69) is 5.32 Å². The first-order valence-electron chi connectivity index (χ1n) is 7.51. The maximum absolute atomic E-state index is 13.0. The molecule has 2 aliphatic rings. The molecule has 1 atom stereocenters. The van der Waals surface area contributed by atoms with Gasteiger partial charge in [-0.05, 0) is 44.4 Å². The predicted octanol–water partition coefficient (Wildman–Crippen LogP) is 1.60. The van der Waals surface area contributed by atoms with Crippen LogP contribution in [-0.4, -0.2) is 45.0 Å². The van der Waals surface area contributed by atoms with Crippen LogP contribution in [0.4, 0.5) is 0 Å². The number of nitrogens with one attached hydrogen (secondary N) is 1. The molecular weight excluding hydrogens is 288 g/mol. The van der Waals surface area contributed by atoms with E-state index in [0.29, 0.717) is 12.3 Å². The van der Waals surface area contributed by atoms with Crippen LogP contribution in [0, 0.1) is 0 Å². The largest absolute Gasteiger partial charge is 0.495 e. The Balaban J connectivity index is 1.89. The fraction of sp³-hybridized carbons (Fsp3) is 0.600. The quantitative estimate of drug-likeness (QED) is 0.867. The van der Waals surface area contributed by atoms with Crippen molar-refractivity contribution in [2.45, 2.75) is 42.7 Å². The Morgan fingerprint density at radius 2 is 2.05 bits per heavy atom. The van der Waals surface area contributed by atoms with Gasteiger partial charge in [0.25, 0.3) is 0 Å². The first kappa shape index (κ1) is 14.8. The molecule has 116 valence electrons. The molecule has 2 fully saturated rings. The first-order chi connectivity index (χ1) is 10.1. The van der Waals surface area contributed by atoms with Gasteiger partial charge in [0.1, 0.15) is 10.6 Å². The fourth-order valence-corrected chi connectivity index (χ4v) is 4.78. The highest BCUT2D eigenvalue weighted by molar-refractivity contribution is 7.89. The summed E-state index contributed by atoms with van der Waals surface area (Å²) in [5.74, 6) is 0.419. The van der Waals surface area contributed by atoms with Gasteiger partial charge < -0.3 is 10.1 Å². The van der Waals surface area contributed by atoms with Crippen molar-refractivity contribution in [1.82, 2.24) is 9.62 Å². The van der Waals surface area contributed by atoms with Crippen LogP contribution in [0.25, 0.3) is 0 Å². The van der Waals surface area contributed by atoms with Gasteiger partial charge in [-0.3, -0.25) is 0 Å². The lowest BCUT2D eigenvalue weighted by molar-refractivity contribution is 0.357. The van der Waals surface area contributed by atoms with Crippen molar-refractivity contribution in [1.29, 1.82) is 0 Å². The zero-order valence-electron chi connectivity index (χ0n) is 12.3. The molecule has 1 saturated carbocycles. The van der Waals surface area contributed by atoms with Crippen molar-refractivity contribution in [3.8, 4) is 5.75 Å². The highest BCUT2D eigenvalue weighted by Gasteiger charge is 2.40. The minimum Gasteiger partial charge on any atom is -0.495 e. The van der Waals surface area contributed by atoms with Crippen LogP contribution in [0.15, 0.2) is 29.2 Å². The van der Waals surface area contributed by atoms with Crippen molar-refractivity contribution >= 4 is 10.0 Å². The van der Waals surface area contributed by atoms with E-state index >= 15 is 0 Å². The van der Waals surface area contributed by atoms with Crippen LogP contribution < -0.4 is 10.1 Å². The molecule has 5 nitrogen and oxygen atoms in total. The second-order valence-electron chi connectivity index (χ2n) is 5.75. The molecule has 6 heteroatoms. The summed E-state index contributed by atoms with van der Waals surface area (Å²) in [7, 11) is -1.99. The van der Waals surface area contributed by atoms with Crippen LogP contribution in [0.5, 0.6) is 5.75 Å². The highest BCUT2D eigenvalue weighted by Crippen LogP contribution is 2.35. The van der Waals surface area contributed by atoms with Gasteiger partial charge in [0, 0.05) is 18.6 Å². The second-order valence-corrected chi connectivity index (χ2v) is 7.61. The van der Waals surface area contributed by atoms with Gasteiger partial charge in [-0.1, -0.05) is 12.1 Å². The number of hydrogen-bond acceptors (Lipinski definition) is 4. The fourth-order valence-electron chi connectivity index (χ4n) is 2.89. The molecule has 1 N–H and O–H groups in total. The molecule has 1 aromatic rings. The van der Waals surface area contributed by atoms with Crippen LogP contribution in [0.1, 0.15) is 25.7 Å². The lowest BCUT2D eigenvalue weighted by Crippen LogP contribution is -2.42. The molecule has 1 aromatic carbocycles. The van der Waals surface area contributed by atoms with E-state index in [1.165, 1.54) is 7.11 Å². The molecule has 1 aliphatic carbocycles. The van der Waals surface area contributed by atoms with Gasteiger partial charge >= 0.3 is 0 Å². The van der Waals surface area contributed by atoms with Crippen LogP contribution in [-0.2, 0) is 10.0 Å². The monoisotopic (exact) mass is 310 g/mol. The van der Waals surface area contributed by atoms with Gasteiger partial charge in [-0.25, -0.2) is 8.42 Å². The van der Waals surface area contributed by atoms with Gasteiger partial charge in [-0.2, -0.15) is 4.31 Å². The maximum Gasteiger partial charge on any atom is 0.247 e. The molecule has 0 aromatic heterocycles. The minimum absolute atomic E-state index is 0.155. The van der Waals surface area contributed by atoms with Crippen molar-refractivity contribution in [3.05, 3.63) is 24.3 Å². The SMILES string of the molecule is COc1ccccc1S(=O)(=O)N(CC1CCCN1)C1CC1. The van der Waals surface area contributed by atoms with Gasteiger partial charge in [0.05, 0.1) is 7.11 Å². The van der Waals surface area contributed by atoms with Crippen molar-refractivity contribution in [2.24, 2.45) is 0 Å². The van der Waals surface area contributed by atoms with E-state index in [9.17, 15) is 8.42 Å². The summed E-state index contributed by atoms with van der Waals surface area (Å²) in [6.07, 6.45) is 4.09. The van der Waals surface area contributed by atoms with Crippen molar-refractivity contribution in [3.63, 3.8) is 0 Å². The zero-order valence-corrected chi connectivity index (χ0v) is 13.1. The number of sulfonamides is 1. The molecule has 0 spiro atoms. The summed E-state index contributed by atoms with van der Waals surface area (Å²) >= 11 is 0. The average Bonchev–Trinajstić information content (AvgIpc) is 3.20. The summed E-state index contributed by atoms with van der Waals surface area (Å²) in [5, 5.41) is 3.38. The second kappa shape index (κ2) is 5.94. The first-order valence-corrected chi connectivity index (χ1v) is 8.95. The molecule has 0 radical (unpaired) electrons. The number of nitrogens with zero attached hydrogens (tertiary/aromatic N) is 1. The molecule has 3 rings (SSSR count). The number of methoxy groups -OCH3 is 1. The third-order valence-corrected chi connectivity index (χ3v) is 6.13. The molecule has 21 heavy (non-hydrogen) atoms. The van der Waals surface area contributed by atoms with Crippen molar-refractivity contribution in [2.75, 3.05) is 20.2 Å². The van der Waals surface area contributed by atoms with E-state index in [4.69, 9.17) is 4.74 Å². The summed E-state index contributed by atoms with van der Waals surface area (Å²) in [6.45, 7) is 1.54. The summed E-state index contributed by atoms with van der Waals surface area (Å²) in [6, 6.07) is 7.29. The van der Waals surface area contributed by atoms with E-state index in [-0.39, 0.29) is 17.0 Å². The Kier molecular flexibility index (Phi) is 4.19. The number of ether oxygens (including phenoxy) is 1. The van der Waals surface area contributed by atoms with E-state index < -0.39 is 10.0 Å². The zero-order chi connectivity index (χ0) is 14.9. The lowest BCUT2D eigenvalue weighted by atomic mass is 10.2. The Morgan fingerprint density at radius 1 is 1.29 bits per heavy atom. The summed E-state index contributed by atoms with van der Waals surface area (Å²) < 4.78 is 32.9. The maximum atomic E-state index is 13.0. The standard InChI is InChI=1S/C15H22N2O3S/c1-20-14-6-2-3-7-15(14)21(18,19)17(13-8-9-13)11-12-5-4-10-16-12/h2-3,6-7,12-13,16H,4-5,8-11H2,1H3. The Labute approximate surface area is 126 Å². The molecular formula is C15H22N2O3S. The number of hydrogen-bond donors (Lipinski definition) is 1. The Morgan fingerprint density at radius 3 is 2.67 bits per heavy atom. The highest BCUT2D eigenvalue weighted by atomic mass is 32.2. The average molecular weight is 310 g/mol. The van der Waals surface area contributed by atoms with Gasteiger partial charge in [0.2, 0.25) is 10.0 Å². The Hall–Kier alpha value is -1.11. The molecule has 1 saturated heterocycles. The lowest BCUT2D eigenvalue weighted by Gasteiger charge is -2.25. The number of rotatable bonds is 6. The topological polar surface area (TPSA) is 58.6 Å². The van der Waals surface area contributed by atoms with Crippen LogP contribution in [0.3, 0.4) is 0 Å².